The number of hydrogen-bond acceptors (Lipinski definition) is 4. The minimum Gasteiger partial charge on any atom is -0.477 e. The minimum atomic E-state index is -1.20. The van der Waals surface area contributed by atoms with Crippen LogP contribution in [-0.2, 0) is 0 Å². The van der Waals surface area contributed by atoms with Gasteiger partial charge in [0.15, 0.2) is 0 Å². The van der Waals surface area contributed by atoms with E-state index >= 15 is 0 Å². The van der Waals surface area contributed by atoms with Gasteiger partial charge in [-0.2, -0.15) is 0 Å². The molecule has 0 saturated heterocycles. The zero-order chi connectivity index (χ0) is 18.0. The van der Waals surface area contributed by atoms with Crippen LogP contribution in [0.2, 0.25) is 0 Å². The molecule has 0 saturated carbocycles. The SMILES string of the molecule is CNc1cc(F)cc2c(/C=C/C(=O)c3cccc(C(=O)O)n3)c[nH]c12. The van der Waals surface area contributed by atoms with Crippen molar-refractivity contribution in [1.82, 2.24) is 9.97 Å². The van der Waals surface area contributed by atoms with Gasteiger partial charge in [-0.25, -0.2) is 14.2 Å². The fourth-order valence-electron chi connectivity index (χ4n) is 2.49. The molecule has 0 bridgehead atoms. The molecule has 1 aromatic carbocycles. The Hall–Kier alpha value is -3.48. The van der Waals surface area contributed by atoms with Crippen LogP contribution >= 0.6 is 0 Å². The first kappa shape index (κ1) is 16.4. The molecule has 3 N–H and O–H groups in total. The van der Waals surface area contributed by atoms with Crippen molar-refractivity contribution >= 4 is 34.4 Å². The Kier molecular flexibility index (Phi) is 4.30. The van der Waals surface area contributed by atoms with Gasteiger partial charge >= 0.3 is 5.97 Å². The summed E-state index contributed by atoms with van der Waals surface area (Å²) in [5.41, 5.74) is 1.79. The van der Waals surface area contributed by atoms with Gasteiger partial charge in [0.2, 0.25) is 5.78 Å². The van der Waals surface area contributed by atoms with Gasteiger partial charge in [0.05, 0.1) is 11.2 Å². The normalized spacial score (nSPS) is 11.1. The molecule has 6 nitrogen and oxygen atoms in total. The number of allylic oxidation sites excluding steroid dienone is 1. The van der Waals surface area contributed by atoms with Crippen molar-refractivity contribution in [1.29, 1.82) is 0 Å². The molecule has 0 radical (unpaired) electrons. The van der Waals surface area contributed by atoms with Gasteiger partial charge in [0.25, 0.3) is 0 Å². The number of aromatic nitrogens is 2. The fraction of sp³-hybridized carbons (Fsp3) is 0.0556. The maximum atomic E-state index is 13.7. The molecule has 7 heteroatoms. The number of H-pyrrole nitrogens is 1. The van der Waals surface area contributed by atoms with Crippen LogP contribution in [0.4, 0.5) is 10.1 Å². The summed E-state index contributed by atoms with van der Waals surface area (Å²) < 4.78 is 13.7. The zero-order valence-corrected chi connectivity index (χ0v) is 13.2. The number of hydrogen-bond donors (Lipinski definition) is 3. The molecule has 0 unspecified atom stereocenters. The Morgan fingerprint density at radius 2 is 2.04 bits per heavy atom. The lowest BCUT2D eigenvalue weighted by molar-refractivity contribution is 0.0690. The average molecular weight is 339 g/mol. The highest BCUT2D eigenvalue weighted by Crippen LogP contribution is 2.27. The highest BCUT2D eigenvalue weighted by molar-refractivity contribution is 6.07. The summed E-state index contributed by atoms with van der Waals surface area (Å²) in [5, 5.41) is 12.5. The van der Waals surface area contributed by atoms with Gasteiger partial charge < -0.3 is 15.4 Å². The van der Waals surface area contributed by atoms with E-state index in [9.17, 15) is 14.0 Å². The lowest BCUT2D eigenvalue weighted by Gasteiger charge is -2.02. The molecule has 3 rings (SSSR count). The number of carbonyl (C=O) groups excluding carboxylic acids is 1. The third-order valence-corrected chi connectivity index (χ3v) is 3.69. The van der Waals surface area contributed by atoms with Crippen LogP contribution in [0, 0.1) is 5.82 Å². The van der Waals surface area contributed by atoms with E-state index in [0.717, 1.165) is 5.52 Å². The number of aromatic amines is 1. The number of carboxylic acid groups (broad SMARTS) is 1. The molecule has 0 spiro atoms. The molecule has 25 heavy (non-hydrogen) atoms. The van der Waals surface area contributed by atoms with Crippen LogP contribution in [0.25, 0.3) is 17.0 Å². The molecule has 126 valence electrons. The molecule has 3 aromatic rings. The maximum Gasteiger partial charge on any atom is 0.354 e. The van der Waals surface area contributed by atoms with Crippen LogP contribution in [0.5, 0.6) is 0 Å². The summed E-state index contributed by atoms with van der Waals surface area (Å²) in [6.45, 7) is 0. The Bertz CT molecular complexity index is 1010. The van der Waals surface area contributed by atoms with E-state index < -0.39 is 17.6 Å². The van der Waals surface area contributed by atoms with Crippen molar-refractivity contribution in [2.24, 2.45) is 0 Å². The topological polar surface area (TPSA) is 95.1 Å². The van der Waals surface area contributed by atoms with Gasteiger partial charge in [0, 0.05) is 24.2 Å². The number of nitrogens with one attached hydrogen (secondary N) is 2. The number of carboxylic acids is 1. The van der Waals surface area contributed by atoms with E-state index in [1.54, 1.807) is 13.2 Å². The van der Waals surface area contributed by atoms with Crippen LogP contribution in [0.1, 0.15) is 26.5 Å². The van der Waals surface area contributed by atoms with Crippen molar-refractivity contribution in [3.05, 3.63) is 65.4 Å². The van der Waals surface area contributed by atoms with Crippen molar-refractivity contribution in [3.8, 4) is 0 Å². The number of anilines is 1. The monoisotopic (exact) mass is 339 g/mol. The summed E-state index contributed by atoms with van der Waals surface area (Å²) in [7, 11) is 1.69. The lowest BCUT2D eigenvalue weighted by atomic mass is 10.1. The number of carbonyl (C=O) groups is 2. The van der Waals surface area contributed by atoms with Crippen molar-refractivity contribution < 1.29 is 19.1 Å². The molecular weight excluding hydrogens is 325 g/mol. The number of fused-ring (bicyclic) bond motifs is 1. The van der Waals surface area contributed by atoms with E-state index in [2.05, 4.69) is 15.3 Å². The van der Waals surface area contributed by atoms with Crippen molar-refractivity contribution in [2.75, 3.05) is 12.4 Å². The predicted octanol–water partition coefficient (Wildman–Crippen LogP) is 3.34. The van der Waals surface area contributed by atoms with E-state index in [1.165, 1.54) is 42.5 Å². The Labute approximate surface area is 142 Å². The van der Waals surface area contributed by atoms with E-state index in [4.69, 9.17) is 5.11 Å². The van der Waals surface area contributed by atoms with E-state index in [1.807, 2.05) is 0 Å². The number of nitrogens with zero attached hydrogens (tertiary/aromatic N) is 1. The molecule has 2 heterocycles. The molecular formula is C18H14FN3O3. The highest BCUT2D eigenvalue weighted by Gasteiger charge is 2.11. The third kappa shape index (κ3) is 3.25. The van der Waals surface area contributed by atoms with Crippen molar-refractivity contribution in [3.63, 3.8) is 0 Å². The molecule has 0 fully saturated rings. The number of benzene rings is 1. The van der Waals surface area contributed by atoms with Crippen molar-refractivity contribution in [2.45, 2.75) is 0 Å². The van der Waals surface area contributed by atoms with Crippen LogP contribution < -0.4 is 5.32 Å². The second kappa shape index (κ2) is 6.56. The molecule has 2 aromatic heterocycles. The Morgan fingerprint density at radius 1 is 1.28 bits per heavy atom. The fourth-order valence-corrected chi connectivity index (χ4v) is 2.49. The first-order chi connectivity index (χ1) is 12.0. The number of ketones is 1. The summed E-state index contributed by atoms with van der Waals surface area (Å²) in [6.07, 6.45) is 4.48. The minimum absolute atomic E-state index is 0.0260. The predicted molar refractivity (Wildman–Crippen MR) is 92.4 cm³/mol. The second-order valence-electron chi connectivity index (χ2n) is 5.28. The summed E-state index contributed by atoms with van der Waals surface area (Å²) in [6, 6.07) is 6.95. The zero-order valence-electron chi connectivity index (χ0n) is 13.2. The Morgan fingerprint density at radius 3 is 2.76 bits per heavy atom. The van der Waals surface area contributed by atoms with Gasteiger partial charge in [-0.3, -0.25) is 4.79 Å². The molecule has 0 amide bonds. The summed E-state index contributed by atoms with van der Waals surface area (Å²) >= 11 is 0. The van der Waals surface area contributed by atoms with Crippen LogP contribution in [-0.4, -0.2) is 33.9 Å². The largest absolute Gasteiger partial charge is 0.477 e. The molecule has 0 aliphatic carbocycles. The smallest absolute Gasteiger partial charge is 0.354 e. The summed E-state index contributed by atoms with van der Waals surface area (Å²) in [4.78, 5) is 30.0. The second-order valence-corrected chi connectivity index (χ2v) is 5.28. The number of halogens is 1. The van der Waals surface area contributed by atoms with Gasteiger partial charge in [-0.15, -0.1) is 0 Å². The average Bonchev–Trinajstić information content (AvgIpc) is 3.01. The van der Waals surface area contributed by atoms with Gasteiger partial charge in [-0.05, 0) is 36.4 Å². The summed E-state index contributed by atoms with van der Waals surface area (Å²) in [5.74, 6) is -2.04. The molecule has 0 aliphatic heterocycles. The highest BCUT2D eigenvalue weighted by atomic mass is 19.1. The first-order valence-electron chi connectivity index (χ1n) is 7.40. The van der Waals surface area contributed by atoms with E-state index in [0.29, 0.717) is 16.6 Å². The van der Waals surface area contributed by atoms with Crippen LogP contribution in [0.3, 0.4) is 0 Å². The van der Waals surface area contributed by atoms with Gasteiger partial charge in [-0.1, -0.05) is 6.07 Å². The standard InChI is InChI=1S/C18H14FN3O3/c1-20-15-8-11(19)7-12-10(9-21-17(12)15)5-6-16(23)13-3-2-4-14(22-13)18(24)25/h2-9,20-21H,1H3,(H,24,25)/b6-5+. The van der Waals surface area contributed by atoms with Crippen LogP contribution in [0.15, 0.2) is 42.6 Å². The molecule has 0 aliphatic rings. The molecule has 0 atom stereocenters. The number of pyridine rings is 1. The Balaban J connectivity index is 1.93. The van der Waals surface area contributed by atoms with E-state index in [-0.39, 0.29) is 11.4 Å². The maximum absolute atomic E-state index is 13.7. The quantitative estimate of drug-likeness (QED) is 0.489. The number of aromatic carboxylic acids is 1. The van der Waals surface area contributed by atoms with Gasteiger partial charge in [0.1, 0.15) is 17.2 Å². The third-order valence-electron chi connectivity index (χ3n) is 3.69. The number of rotatable bonds is 5. The first-order valence-corrected chi connectivity index (χ1v) is 7.40. The lowest BCUT2D eigenvalue weighted by Crippen LogP contribution is -2.05.